The van der Waals surface area contributed by atoms with Crippen LogP contribution in [0.3, 0.4) is 0 Å². The van der Waals surface area contributed by atoms with Crippen LogP contribution in [0.1, 0.15) is 24.2 Å². The van der Waals surface area contributed by atoms with Crippen LogP contribution in [0.4, 0.5) is 4.39 Å². The van der Waals surface area contributed by atoms with Crippen LogP contribution in [0, 0.1) is 12.7 Å². The van der Waals surface area contributed by atoms with Crippen molar-refractivity contribution in [2.75, 3.05) is 7.11 Å². The Hall–Kier alpha value is -1.13. The van der Waals surface area contributed by atoms with Gasteiger partial charge < -0.3 is 15.6 Å². The maximum atomic E-state index is 13.5. The second-order valence-corrected chi connectivity index (χ2v) is 3.62. The van der Waals surface area contributed by atoms with Crippen molar-refractivity contribution >= 4 is 0 Å². The fraction of sp³-hybridized carbons (Fsp3) is 0.455. The lowest BCUT2D eigenvalue weighted by atomic mass is 10.00. The van der Waals surface area contributed by atoms with Gasteiger partial charge in [0.1, 0.15) is 17.7 Å². The molecular weight excluding hydrogens is 197 g/mol. The van der Waals surface area contributed by atoms with E-state index in [1.807, 2.05) is 0 Å². The quantitative estimate of drug-likeness (QED) is 0.800. The molecule has 0 fully saturated rings. The zero-order chi connectivity index (χ0) is 11.6. The molecule has 84 valence electrons. The Balaban J connectivity index is 3.30. The molecule has 0 spiro atoms. The summed E-state index contributed by atoms with van der Waals surface area (Å²) in [5.74, 6) is -0.137. The molecule has 0 radical (unpaired) electrons. The first-order chi connectivity index (χ1) is 6.99. The van der Waals surface area contributed by atoms with Crippen LogP contribution in [-0.4, -0.2) is 18.3 Å². The third kappa shape index (κ3) is 2.27. The van der Waals surface area contributed by atoms with E-state index in [4.69, 9.17) is 10.5 Å². The summed E-state index contributed by atoms with van der Waals surface area (Å²) in [6.07, 6.45) is -1.06. The second-order valence-electron chi connectivity index (χ2n) is 3.62. The largest absolute Gasteiger partial charge is 0.496 e. The van der Waals surface area contributed by atoms with E-state index >= 15 is 0 Å². The SMILES string of the molecule is COc1c(C)ccc(F)c1C(O)C(C)N. The van der Waals surface area contributed by atoms with Crippen molar-refractivity contribution in [3.8, 4) is 5.75 Å². The summed E-state index contributed by atoms with van der Waals surface area (Å²) in [6.45, 7) is 3.40. The summed E-state index contributed by atoms with van der Waals surface area (Å²) in [6, 6.07) is 2.36. The van der Waals surface area contributed by atoms with Crippen molar-refractivity contribution in [2.45, 2.75) is 26.0 Å². The number of benzene rings is 1. The highest BCUT2D eigenvalue weighted by Crippen LogP contribution is 2.32. The number of rotatable bonds is 3. The average Bonchev–Trinajstić information content (AvgIpc) is 2.19. The summed E-state index contributed by atoms with van der Waals surface area (Å²) >= 11 is 0. The van der Waals surface area contributed by atoms with E-state index in [9.17, 15) is 9.50 Å². The number of methoxy groups -OCH3 is 1. The molecule has 4 heteroatoms. The molecule has 0 amide bonds. The molecule has 0 heterocycles. The molecule has 15 heavy (non-hydrogen) atoms. The van der Waals surface area contributed by atoms with Gasteiger partial charge in [0.05, 0.1) is 12.7 Å². The molecule has 0 aliphatic rings. The van der Waals surface area contributed by atoms with E-state index in [0.717, 1.165) is 5.56 Å². The van der Waals surface area contributed by atoms with E-state index in [1.165, 1.54) is 13.2 Å². The summed E-state index contributed by atoms with van der Waals surface area (Å²) < 4.78 is 18.6. The lowest BCUT2D eigenvalue weighted by Gasteiger charge is -2.19. The number of hydrogen-bond acceptors (Lipinski definition) is 3. The van der Waals surface area contributed by atoms with Gasteiger partial charge >= 0.3 is 0 Å². The van der Waals surface area contributed by atoms with Crippen LogP contribution in [0.5, 0.6) is 5.75 Å². The fourth-order valence-electron chi connectivity index (χ4n) is 1.49. The monoisotopic (exact) mass is 213 g/mol. The normalized spacial score (nSPS) is 14.8. The van der Waals surface area contributed by atoms with Gasteiger partial charge in [-0.15, -0.1) is 0 Å². The molecule has 1 aromatic rings. The number of hydrogen-bond donors (Lipinski definition) is 2. The van der Waals surface area contributed by atoms with Gasteiger partial charge in [-0.1, -0.05) is 6.07 Å². The fourth-order valence-corrected chi connectivity index (χ4v) is 1.49. The minimum absolute atomic E-state index is 0.132. The average molecular weight is 213 g/mol. The zero-order valence-corrected chi connectivity index (χ0v) is 9.12. The minimum atomic E-state index is -1.06. The first kappa shape index (κ1) is 11.9. The Labute approximate surface area is 88.7 Å². The maximum absolute atomic E-state index is 13.5. The summed E-state index contributed by atoms with van der Waals surface area (Å²) in [7, 11) is 1.44. The first-order valence-corrected chi connectivity index (χ1v) is 4.75. The van der Waals surface area contributed by atoms with Gasteiger partial charge in [-0.05, 0) is 25.5 Å². The Bertz CT molecular complexity index is 353. The first-order valence-electron chi connectivity index (χ1n) is 4.75. The van der Waals surface area contributed by atoms with Gasteiger partial charge in [0.25, 0.3) is 0 Å². The Kier molecular flexibility index (Phi) is 3.66. The molecule has 0 saturated heterocycles. The predicted molar refractivity (Wildman–Crippen MR) is 56.3 cm³/mol. The topological polar surface area (TPSA) is 55.5 Å². The molecule has 1 aromatic carbocycles. The standard InChI is InChI=1S/C11H16FNO2/c1-6-4-5-8(12)9(11(6)15-3)10(14)7(2)13/h4-5,7,10,14H,13H2,1-3H3. The smallest absolute Gasteiger partial charge is 0.132 e. The van der Waals surface area contributed by atoms with Crippen LogP contribution in [0.2, 0.25) is 0 Å². The Morgan fingerprint density at radius 2 is 2.07 bits per heavy atom. The lowest BCUT2D eigenvalue weighted by Crippen LogP contribution is -2.25. The van der Waals surface area contributed by atoms with E-state index in [-0.39, 0.29) is 5.56 Å². The number of aryl methyl sites for hydroxylation is 1. The third-order valence-electron chi connectivity index (χ3n) is 2.34. The molecule has 0 aliphatic carbocycles. The highest BCUT2D eigenvalue weighted by molar-refractivity contribution is 5.43. The molecule has 0 saturated carbocycles. The van der Waals surface area contributed by atoms with E-state index in [0.29, 0.717) is 5.75 Å². The van der Waals surface area contributed by atoms with Gasteiger partial charge in [-0.25, -0.2) is 4.39 Å². The van der Waals surface area contributed by atoms with Crippen LogP contribution in [0.25, 0.3) is 0 Å². The van der Waals surface area contributed by atoms with Crippen molar-refractivity contribution in [2.24, 2.45) is 5.73 Å². The van der Waals surface area contributed by atoms with Gasteiger partial charge in [0.15, 0.2) is 0 Å². The highest BCUT2D eigenvalue weighted by Gasteiger charge is 2.22. The molecule has 0 aromatic heterocycles. The van der Waals surface area contributed by atoms with Crippen molar-refractivity contribution in [1.82, 2.24) is 0 Å². The van der Waals surface area contributed by atoms with Crippen LogP contribution >= 0.6 is 0 Å². The van der Waals surface area contributed by atoms with Gasteiger partial charge in [-0.2, -0.15) is 0 Å². The summed E-state index contributed by atoms with van der Waals surface area (Å²) in [5, 5.41) is 9.77. The van der Waals surface area contributed by atoms with Gasteiger partial charge in [0, 0.05) is 6.04 Å². The summed E-state index contributed by atoms with van der Waals surface area (Å²) in [5.41, 5.74) is 6.44. The molecule has 3 nitrogen and oxygen atoms in total. The molecule has 2 atom stereocenters. The van der Waals surface area contributed by atoms with Crippen LogP contribution in [-0.2, 0) is 0 Å². The molecule has 0 aliphatic heterocycles. The Morgan fingerprint density at radius 1 is 1.47 bits per heavy atom. The second kappa shape index (κ2) is 4.59. The molecule has 1 rings (SSSR count). The zero-order valence-electron chi connectivity index (χ0n) is 9.12. The highest BCUT2D eigenvalue weighted by atomic mass is 19.1. The summed E-state index contributed by atoms with van der Waals surface area (Å²) in [4.78, 5) is 0. The van der Waals surface area contributed by atoms with Gasteiger partial charge in [-0.3, -0.25) is 0 Å². The molecular formula is C11H16FNO2. The van der Waals surface area contributed by atoms with Crippen molar-refractivity contribution in [1.29, 1.82) is 0 Å². The van der Waals surface area contributed by atoms with E-state index in [1.54, 1.807) is 19.9 Å². The minimum Gasteiger partial charge on any atom is -0.496 e. The van der Waals surface area contributed by atoms with Gasteiger partial charge in [0.2, 0.25) is 0 Å². The number of aliphatic hydroxyl groups excluding tert-OH is 1. The third-order valence-corrected chi connectivity index (χ3v) is 2.34. The van der Waals surface area contributed by atoms with E-state index in [2.05, 4.69) is 0 Å². The molecule has 0 bridgehead atoms. The molecule has 3 N–H and O–H groups in total. The van der Waals surface area contributed by atoms with E-state index < -0.39 is 18.0 Å². The number of halogens is 1. The van der Waals surface area contributed by atoms with Crippen LogP contribution in [0.15, 0.2) is 12.1 Å². The number of ether oxygens (including phenoxy) is 1. The van der Waals surface area contributed by atoms with Crippen molar-refractivity contribution in [3.63, 3.8) is 0 Å². The number of nitrogens with two attached hydrogens (primary N) is 1. The Morgan fingerprint density at radius 3 is 2.53 bits per heavy atom. The maximum Gasteiger partial charge on any atom is 0.132 e. The van der Waals surface area contributed by atoms with Crippen molar-refractivity contribution in [3.05, 3.63) is 29.1 Å². The van der Waals surface area contributed by atoms with Crippen LogP contribution < -0.4 is 10.5 Å². The predicted octanol–water partition coefficient (Wildman–Crippen LogP) is 1.52. The van der Waals surface area contributed by atoms with Crippen molar-refractivity contribution < 1.29 is 14.2 Å². The molecule has 2 unspecified atom stereocenters. The lowest BCUT2D eigenvalue weighted by molar-refractivity contribution is 0.144. The number of aliphatic hydroxyl groups is 1.